The zero-order chi connectivity index (χ0) is 26.6. The van der Waals surface area contributed by atoms with Crippen LogP contribution in [0, 0.1) is 0 Å². The number of hydrogen-bond donors (Lipinski definition) is 0. The molecule has 1 fully saturated rings. The van der Waals surface area contributed by atoms with Gasteiger partial charge in [-0.15, -0.1) is 0 Å². The van der Waals surface area contributed by atoms with Gasteiger partial charge in [0.25, 0.3) is 11.1 Å². The molecular weight excluding hydrogens is 541 g/mol. The monoisotopic (exact) mass is 563 g/mol. The summed E-state index contributed by atoms with van der Waals surface area (Å²) in [5.74, 6) is 0.788. The van der Waals surface area contributed by atoms with E-state index in [2.05, 4.69) is 18.2 Å². The van der Waals surface area contributed by atoms with Gasteiger partial charge in [0.15, 0.2) is 11.5 Å². The van der Waals surface area contributed by atoms with Crippen LogP contribution in [0.2, 0.25) is 10.0 Å². The number of imide groups is 1. The van der Waals surface area contributed by atoms with Gasteiger partial charge in [-0.25, -0.2) is 0 Å². The normalized spacial score (nSPS) is 14.5. The summed E-state index contributed by atoms with van der Waals surface area (Å²) in [4.78, 5) is 27.2. The molecule has 0 aliphatic carbocycles. The third kappa shape index (κ3) is 5.68. The van der Waals surface area contributed by atoms with Crippen molar-refractivity contribution in [3.05, 3.63) is 111 Å². The highest BCUT2D eigenvalue weighted by atomic mass is 35.5. The Bertz CT molecular complexity index is 1560. The van der Waals surface area contributed by atoms with Crippen LogP contribution in [0.25, 0.3) is 16.8 Å². The second-order valence-corrected chi connectivity index (χ2v) is 10.4. The summed E-state index contributed by atoms with van der Waals surface area (Å²) in [6.45, 7) is 2.80. The van der Waals surface area contributed by atoms with Crippen molar-refractivity contribution in [2.45, 2.75) is 20.1 Å². The summed E-state index contributed by atoms with van der Waals surface area (Å²) in [6, 6.07) is 24.8. The van der Waals surface area contributed by atoms with Gasteiger partial charge in [-0.1, -0.05) is 77.8 Å². The molecule has 2 amide bonds. The highest BCUT2D eigenvalue weighted by molar-refractivity contribution is 8.18. The number of fused-ring (bicyclic) bond motifs is 1. The van der Waals surface area contributed by atoms with E-state index < -0.39 is 0 Å². The third-order valence-electron chi connectivity index (χ3n) is 6.05. The van der Waals surface area contributed by atoms with E-state index in [0.717, 1.165) is 33.7 Å². The van der Waals surface area contributed by atoms with Crippen LogP contribution in [0.4, 0.5) is 4.79 Å². The summed E-state index contributed by atoms with van der Waals surface area (Å²) in [5.41, 5.74) is 2.44. The zero-order valence-electron chi connectivity index (χ0n) is 20.4. The SMILES string of the molecule is CCOc1cc(/C=C2/SC(=O)N(Cc3ccc(Cl)cc3Cl)C2=O)ccc1OCc1cccc2ccccc12. The number of rotatable bonds is 8. The van der Waals surface area contributed by atoms with Crippen molar-refractivity contribution >= 4 is 63.0 Å². The molecule has 8 heteroatoms. The summed E-state index contributed by atoms with van der Waals surface area (Å²) in [5, 5.41) is 2.83. The first-order valence-corrected chi connectivity index (χ1v) is 13.6. The number of ether oxygens (including phenoxy) is 2. The lowest BCUT2D eigenvalue weighted by Gasteiger charge is -2.14. The molecule has 1 aliphatic rings. The van der Waals surface area contributed by atoms with Crippen molar-refractivity contribution in [1.82, 2.24) is 4.90 Å². The summed E-state index contributed by atoms with van der Waals surface area (Å²) in [7, 11) is 0. The van der Waals surface area contributed by atoms with Crippen molar-refractivity contribution in [1.29, 1.82) is 0 Å². The molecule has 5 rings (SSSR count). The molecule has 0 N–H and O–H groups in total. The maximum absolute atomic E-state index is 13.0. The molecule has 192 valence electrons. The van der Waals surface area contributed by atoms with E-state index in [1.165, 1.54) is 4.90 Å². The van der Waals surface area contributed by atoms with Crippen molar-refractivity contribution in [2.24, 2.45) is 0 Å². The first-order chi connectivity index (χ1) is 18.4. The largest absolute Gasteiger partial charge is 0.490 e. The number of amides is 2. The van der Waals surface area contributed by atoms with Crippen molar-refractivity contribution in [3.63, 3.8) is 0 Å². The molecule has 0 radical (unpaired) electrons. The average Bonchev–Trinajstić information content (AvgIpc) is 3.17. The number of carbonyl (C=O) groups is 2. The Balaban J connectivity index is 1.34. The Labute approximate surface area is 234 Å². The molecule has 0 bridgehead atoms. The van der Waals surface area contributed by atoms with E-state index in [-0.39, 0.29) is 17.7 Å². The van der Waals surface area contributed by atoms with Crippen LogP contribution >= 0.6 is 35.0 Å². The van der Waals surface area contributed by atoms with Crippen molar-refractivity contribution in [3.8, 4) is 11.5 Å². The Morgan fingerprint density at radius 2 is 1.68 bits per heavy atom. The van der Waals surface area contributed by atoms with E-state index in [9.17, 15) is 9.59 Å². The van der Waals surface area contributed by atoms with Gasteiger partial charge in [0.1, 0.15) is 6.61 Å². The topological polar surface area (TPSA) is 55.8 Å². The molecule has 4 aromatic rings. The average molecular weight is 564 g/mol. The molecule has 38 heavy (non-hydrogen) atoms. The first kappa shape index (κ1) is 26.2. The van der Waals surface area contributed by atoms with Crippen molar-refractivity contribution in [2.75, 3.05) is 6.61 Å². The van der Waals surface area contributed by atoms with Crippen LogP contribution in [0.3, 0.4) is 0 Å². The number of carbonyl (C=O) groups excluding carboxylic acids is 2. The third-order valence-corrected chi connectivity index (χ3v) is 7.54. The maximum atomic E-state index is 13.0. The quantitative estimate of drug-likeness (QED) is 0.201. The fourth-order valence-corrected chi connectivity index (χ4v) is 5.49. The number of thioether (sulfide) groups is 1. The fourth-order valence-electron chi connectivity index (χ4n) is 4.18. The molecule has 0 spiro atoms. The highest BCUT2D eigenvalue weighted by Gasteiger charge is 2.35. The minimum absolute atomic E-state index is 0.0726. The number of benzene rings is 4. The molecule has 1 heterocycles. The Kier molecular flexibility index (Phi) is 7.93. The van der Waals surface area contributed by atoms with Gasteiger partial charge in [-0.2, -0.15) is 0 Å². The van der Waals surface area contributed by atoms with Crippen LogP contribution in [-0.4, -0.2) is 22.7 Å². The Morgan fingerprint density at radius 3 is 2.50 bits per heavy atom. The van der Waals surface area contributed by atoms with E-state index in [1.54, 1.807) is 24.3 Å². The summed E-state index contributed by atoms with van der Waals surface area (Å²) < 4.78 is 12.0. The standard InChI is InChI=1S/C30H23Cl2NO4S/c1-2-36-27-14-19(10-13-26(27)37-18-22-8-5-7-20-6-3-4-9-24(20)22)15-28-29(34)33(30(35)38-28)17-21-11-12-23(31)16-25(21)32/h3-16H,2,17-18H2,1H3/b28-15+. The Hall–Kier alpha value is -3.45. The lowest BCUT2D eigenvalue weighted by atomic mass is 10.1. The van der Waals surface area contributed by atoms with E-state index in [4.69, 9.17) is 32.7 Å². The van der Waals surface area contributed by atoms with Crippen LogP contribution in [0.5, 0.6) is 11.5 Å². The fraction of sp³-hybridized carbons (Fsp3) is 0.133. The number of nitrogens with zero attached hydrogens (tertiary/aromatic N) is 1. The number of hydrogen-bond acceptors (Lipinski definition) is 5. The van der Waals surface area contributed by atoms with E-state index in [1.807, 2.05) is 49.4 Å². The molecular formula is C30H23Cl2NO4S. The van der Waals surface area contributed by atoms with Crippen molar-refractivity contribution < 1.29 is 19.1 Å². The van der Waals surface area contributed by atoms with Gasteiger partial charge in [0, 0.05) is 10.0 Å². The highest BCUT2D eigenvalue weighted by Crippen LogP contribution is 2.36. The predicted molar refractivity (Wildman–Crippen MR) is 154 cm³/mol. The van der Waals surface area contributed by atoms with Gasteiger partial charge in [-0.3, -0.25) is 14.5 Å². The lowest BCUT2D eigenvalue weighted by Crippen LogP contribution is -2.27. The molecule has 0 saturated carbocycles. The maximum Gasteiger partial charge on any atom is 0.293 e. The molecule has 0 atom stereocenters. The minimum atomic E-state index is -0.375. The van der Waals surface area contributed by atoms with Crippen LogP contribution in [-0.2, 0) is 17.9 Å². The van der Waals surface area contributed by atoms with Gasteiger partial charge < -0.3 is 9.47 Å². The molecule has 0 unspecified atom stereocenters. The van der Waals surface area contributed by atoms with E-state index in [0.29, 0.717) is 45.2 Å². The minimum Gasteiger partial charge on any atom is -0.490 e. The molecule has 1 aliphatic heterocycles. The van der Waals surface area contributed by atoms with Crippen LogP contribution in [0.15, 0.2) is 83.8 Å². The second kappa shape index (κ2) is 11.5. The second-order valence-electron chi connectivity index (χ2n) is 8.57. The predicted octanol–water partition coefficient (Wildman–Crippen LogP) is 8.36. The molecule has 1 saturated heterocycles. The molecule has 5 nitrogen and oxygen atoms in total. The van der Waals surface area contributed by atoms with Gasteiger partial charge in [0.2, 0.25) is 0 Å². The van der Waals surface area contributed by atoms with Gasteiger partial charge in [0.05, 0.1) is 18.1 Å². The molecule has 4 aromatic carbocycles. The van der Waals surface area contributed by atoms with Gasteiger partial charge >= 0.3 is 0 Å². The lowest BCUT2D eigenvalue weighted by molar-refractivity contribution is -0.123. The zero-order valence-corrected chi connectivity index (χ0v) is 22.8. The van der Waals surface area contributed by atoms with Gasteiger partial charge in [-0.05, 0) is 76.5 Å². The summed E-state index contributed by atoms with van der Waals surface area (Å²) >= 11 is 13.1. The number of halogens is 2. The molecule has 0 aromatic heterocycles. The smallest absolute Gasteiger partial charge is 0.293 e. The van der Waals surface area contributed by atoms with Crippen LogP contribution < -0.4 is 9.47 Å². The first-order valence-electron chi connectivity index (χ1n) is 12.0. The summed E-state index contributed by atoms with van der Waals surface area (Å²) in [6.07, 6.45) is 1.69. The van der Waals surface area contributed by atoms with E-state index >= 15 is 0 Å². The Morgan fingerprint density at radius 1 is 0.868 bits per heavy atom. The van der Waals surface area contributed by atoms with Crippen LogP contribution in [0.1, 0.15) is 23.6 Å².